The second-order valence-electron chi connectivity index (χ2n) is 3.61. The molecule has 0 atom stereocenters. The van der Waals surface area contributed by atoms with Gasteiger partial charge in [0.25, 0.3) is 0 Å². The van der Waals surface area contributed by atoms with Gasteiger partial charge >= 0.3 is 0 Å². The van der Waals surface area contributed by atoms with Crippen LogP contribution in [-0.2, 0) is 6.42 Å². The Labute approximate surface area is 86.1 Å². The molecular weight excluding hydrogens is 172 g/mol. The normalized spacial score (nSPS) is 10.2. The second kappa shape index (κ2) is 4.94. The molecule has 0 saturated heterocycles. The number of carbonyl (C=O) groups excluding carboxylic acids is 1. The van der Waals surface area contributed by atoms with Gasteiger partial charge in [-0.25, -0.2) is 0 Å². The minimum atomic E-state index is 0.160. The predicted molar refractivity (Wildman–Crippen MR) is 59.5 cm³/mol. The number of ketones is 1. The third-order valence-electron chi connectivity index (χ3n) is 2.47. The zero-order chi connectivity index (χ0) is 10.6. The van der Waals surface area contributed by atoms with Crippen molar-refractivity contribution >= 4 is 5.78 Å². The van der Waals surface area contributed by atoms with E-state index >= 15 is 0 Å². The maximum absolute atomic E-state index is 11.4. The lowest BCUT2D eigenvalue weighted by atomic mass is 9.95. The van der Waals surface area contributed by atoms with E-state index < -0.39 is 0 Å². The lowest BCUT2D eigenvalue weighted by molar-refractivity contribution is 0.101. The fraction of sp³-hybridized carbons (Fsp3) is 0.385. The van der Waals surface area contributed by atoms with Crippen LogP contribution in [0.4, 0.5) is 0 Å². The van der Waals surface area contributed by atoms with Gasteiger partial charge in [0, 0.05) is 5.56 Å². The van der Waals surface area contributed by atoms with Crippen LogP contribution in [0.3, 0.4) is 0 Å². The predicted octanol–water partition coefficient (Wildman–Crippen LogP) is 3.35. The van der Waals surface area contributed by atoms with Crippen molar-refractivity contribution in [3.63, 3.8) is 0 Å². The Balaban J connectivity index is 3.02. The molecule has 1 aromatic rings. The molecule has 0 bridgehead atoms. The smallest absolute Gasteiger partial charge is 0.160 e. The van der Waals surface area contributed by atoms with Crippen molar-refractivity contribution in [2.45, 2.75) is 33.1 Å². The van der Waals surface area contributed by atoms with Gasteiger partial charge in [0.1, 0.15) is 0 Å². The van der Waals surface area contributed by atoms with Gasteiger partial charge in [-0.05, 0) is 37.8 Å². The van der Waals surface area contributed by atoms with Crippen LogP contribution >= 0.6 is 0 Å². The van der Waals surface area contributed by atoms with Crippen LogP contribution in [-0.4, -0.2) is 5.78 Å². The fourth-order valence-electron chi connectivity index (χ4n) is 1.67. The number of carbonyl (C=O) groups is 1. The fourth-order valence-corrected chi connectivity index (χ4v) is 1.67. The minimum Gasteiger partial charge on any atom is -0.295 e. The highest BCUT2D eigenvalue weighted by Crippen LogP contribution is 2.17. The number of hydrogen-bond acceptors (Lipinski definition) is 1. The van der Waals surface area contributed by atoms with E-state index in [1.165, 1.54) is 11.1 Å². The Bertz CT molecular complexity index is 326. The number of aryl methyl sites for hydroxylation is 1. The standard InChI is InChI=1S/C13H17O/c1-4-5-8-12-10(2)7-6-9-13(12)11(3)14/h6-7,9H,1,4-5,8H2,2-3H3. The Morgan fingerprint density at radius 2 is 2.14 bits per heavy atom. The molecule has 75 valence electrons. The van der Waals surface area contributed by atoms with Crippen molar-refractivity contribution in [1.82, 2.24) is 0 Å². The first kappa shape index (κ1) is 11.0. The number of Topliss-reactive ketones (excluding diaryl/α,β-unsaturated/α-hetero) is 1. The van der Waals surface area contributed by atoms with Gasteiger partial charge in [0.05, 0.1) is 0 Å². The average molecular weight is 189 g/mol. The first-order valence-electron chi connectivity index (χ1n) is 5.05. The van der Waals surface area contributed by atoms with Crippen LogP contribution < -0.4 is 0 Å². The lowest BCUT2D eigenvalue weighted by Crippen LogP contribution is -2.01. The van der Waals surface area contributed by atoms with E-state index in [4.69, 9.17) is 0 Å². The third kappa shape index (κ3) is 2.44. The van der Waals surface area contributed by atoms with E-state index in [0.29, 0.717) is 0 Å². The summed E-state index contributed by atoms with van der Waals surface area (Å²) in [4.78, 5) is 11.4. The molecule has 0 unspecified atom stereocenters. The first-order valence-corrected chi connectivity index (χ1v) is 5.05. The molecule has 0 spiro atoms. The Hall–Kier alpha value is -1.11. The number of hydrogen-bond donors (Lipinski definition) is 0. The number of benzene rings is 1. The molecular formula is C13H17O. The van der Waals surface area contributed by atoms with E-state index in [1.807, 2.05) is 12.1 Å². The lowest BCUT2D eigenvalue weighted by Gasteiger charge is -2.09. The molecule has 1 radical (unpaired) electrons. The van der Waals surface area contributed by atoms with Gasteiger partial charge < -0.3 is 0 Å². The molecule has 14 heavy (non-hydrogen) atoms. The van der Waals surface area contributed by atoms with Gasteiger partial charge in [-0.2, -0.15) is 0 Å². The van der Waals surface area contributed by atoms with E-state index in [0.717, 1.165) is 24.8 Å². The molecule has 1 nitrogen and oxygen atoms in total. The monoisotopic (exact) mass is 189 g/mol. The molecule has 1 rings (SSSR count). The van der Waals surface area contributed by atoms with Crippen molar-refractivity contribution in [2.75, 3.05) is 0 Å². The summed E-state index contributed by atoms with van der Waals surface area (Å²) in [7, 11) is 0. The summed E-state index contributed by atoms with van der Waals surface area (Å²) < 4.78 is 0. The van der Waals surface area contributed by atoms with Crippen LogP contribution in [0.15, 0.2) is 18.2 Å². The Morgan fingerprint density at radius 3 is 2.71 bits per heavy atom. The van der Waals surface area contributed by atoms with Gasteiger partial charge in [-0.1, -0.05) is 31.5 Å². The summed E-state index contributed by atoms with van der Waals surface area (Å²) in [6, 6.07) is 5.92. The maximum Gasteiger partial charge on any atom is 0.160 e. The van der Waals surface area contributed by atoms with E-state index in [-0.39, 0.29) is 5.78 Å². The topological polar surface area (TPSA) is 17.1 Å². The molecule has 0 aliphatic rings. The van der Waals surface area contributed by atoms with Gasteiger partial charge in [0.15, 0.2) is 5.78 Å². The zero-order valence-corrected chi connectivity index (χ0v) is 8.97. The highest BCUT2D eigenvalue weighted by Gasteiger charge is 2.08. The Kier molecular flexibility index (Phi) is 3.87. The molecule has 0 heterocycles. The summed E-state index contributed by atoms with van der Waals surface area (Å²) in [5, 5.41) is 0. The molecule has 0 aromatic heterocycles. The minimum absolute atomic E-state index is 0.160. The number of unbranched alkanes of at least 4 members (excludes halogenated alkanes) is 1. The van der Waals surface area contributed by atoms with Crippen molar-refractivity contribution in [1.29, 1.82) is 0 Å². The van der Waals surface area contributed by atoms with Gasteiger partial charge in [0.2, 0.25) is 0 Å². The quantitative estimate of drug-likeness (QED) is 0.664. The van der Waals surface area contributed by atoms with Crippen molar-refractivity contribution in [2.24, 2.45) is 0 Å². The van der Waals surface area contributed by atoms with E-state index in [2.05, 4.69) is 19.9 Å². The van der Waals surface area contributed by atoms with Crippen LogP contribution in [0.1, 0.15) is 41.3 Å². The molecule has 1 aromatic carbocycles. The highest BCUT2D eigenvalue weighted by molar-refractivity contribution is 5.95. The highest BCUT2D eigenvalue weighted by atomic mass is 16.1. The number of rotatable bonds is 4. The molecule has 0 N–H and O–H groups in total. The van der Waals surface area contributed by atoms with Crippen LogP contribution in [0.5, 0.6) is 0 Å². The van der Waals surface area contributed by atoms with Crippen molar-refractivity contribution in [3.8, 4) is 0 Å². The molecule has 1 heteroatoms. The van der Waals surface area contributed by atoms with Crippen LogP contribution in [0.2, 0.25) is 0 Å². The van der Waals surface area contributed by atoms with Crippen LogP contribution in [0.25, 0.3) is 0 Å². The average Bonchev–Trinajstić information content (AvgIpc) is 2.15. The summed E-state index contributed by atoms with van der Waals surface area (Å²) >= 11 is 0. The van der Waals surface area contributed by atoms with Crippen molar-refractivity contribution in [3.05, 3.63) is 41.8 Å². The van der Waals surface area contributed by atoms with E-state index in [9.17, 15) is 4.79 Å². The molecule has 0 aliphatic carbocycles. The molecule has 0 fully saturated rings. The molecule has 0 saturated carbocycles. The van der Waals surface area contributed by atoms with E-state index in [1.54, 1.807) is 6.92 Å². The summed E-state index contributed by atoms with van der Waals surface area (Å²) in [5.41, 5.74) is 3.29. The van der Waals surface area contributed by atoms with Crippen LogP contribution in [0, 0.1) is 13.8 Å². The maximum atomic E-state index is 11.4. The molecule has 0 aliphatic heterocycles. The first-order chi connectivity index (χ1) is 6.66. The largest absolute Gasteiger partial charge is 0.295 e. The van der Waals surface area contributed by atoms with Gasteiger partial charge in [-0.3, -0.25) is 4.79 Å². The van der Waals surface area contributed by atoms with Gasteiger partial charge in [-0.15, -0.1) is 0 Å². The summed E-state index contributed by atoms with van der Waals surface area (Å²) in [6.45, 7) is 7.51. The third-order valence-corrected chi connectivity index (χ3v) is 2.47. The SMILES string of the molecule is [CH2]CCCc1c(C)cccc1C(C)=O. The molecule has 0 amide bonds. The Morgan fingerprint density at radius 1 is 1.43 bits per heavy atom. The summed E-state index contributed by atoms with van der Waals surface area (Å²) in [5.74, 6) is 0.160. The van der Waals surface area contributed by atoms with Crippen molar-refractivity contribution < 1.29 is 4.79 Å². The second-order valence-corrected chi connectivity index (χ2v) is 3.61. The zero-order valence-electron chi connectivity index (χ0n) is 8.97. The summed E-state index contributed by atoms with van der Waals surface area (Å²) in [6.07, 6.45) is 2.93.